The molecule has 34 heavy (non-hydrogen) atoms. The Hall–Kier alpha value is -3.77. The summed E-state index contributed by atoms with van der Waals surface area (Å²) in [5.74, 6) is -0.409. The summed E-state index contributed by atoms with van der Waals surface area (Å²) in [6.45, 7) is 5.11. The average molecular weight is 467 g/mol. The van der Waals surface area contributed by atoms with E-state index < -0.39 is 5.92 Å². The fourth-order valence-electron chi connectivity index (χ4n) is 4.30. The summed E-state index contributed by atoms with van der Waals surface area (Å²) >= 11 is 1.55. The van der Waals surface area contributed by atoms with E-state index in [1.807, 2.05) is 108 Å². The Bertz CT molecular complexity index is 1340. The molecule has 0 saturated heterocycles. The minimum absolute atomic E-state index is 0.0120. The summed E-state index contributed by atoms with van der Waals surface area (Å²) in [5, 5.41) is 5.31. The molecular weight excluding hydrogens is 440 g/mol. The first-order valence-electron chi connectivity index (χ1n) is 11.4. The molecule has 170 valence electrons. The largest absolute Gasteiger partial charge is 0.285 e. The van der Waals surface area contributed by atoms with Crippen LogP contribution in [-0.4, -0.2) is 27.2 Å². The van der Waals surface area contributed by atoms with Gasteiger partial charge in [-0.05, 0) is 43.2 Å². The van der Waals surface area contributed by atoms with Crippen LogP contribution in [0, 0.1) is 13.8 Å². The Morgan fingerprint density at radius 1 is 0.912 bits per heavy atom. The van der Waals surface area contributed by atoms with Crippen LogP contribution >= 0.6 is 11.3 Å². The summed E-state index contributed by atoms with van der Waals surface area (Å²) in [6, 6.07) is 30.0. The van der Waals surface area contributed by atoms with E-state index in [4.69, 9.17) is 4.98 Å². The Morgan fingerprint density at radius 3 is 2.12 bits per heavy atom. The van der Waals surface area contributed by atoms with E-state index in [0.29, 0.717) is 18.2 Å². The number of aromatic nitrogens is 3. The third kappa shape index (κ3) is 4.50. The maximum absolute atomic E-state index is 14.3. The second-order valence-corrected chi connectivity index (χ2v) is 9.37. The van der Waals surface area contributed by atoms with Crippen LogP contribution in [0.2, 0.25) is 0 Å². The Kier molecular flexibility index (Phi) is 6.23. The molecule has 5 nitrogen and oxygen atoms in total. The van der Waals surface area contributed by atoms with Crippen molar-refractivity contribution in [1.29, 1.82) is 0 Å². The van der Waals surface area contributed by atoms with Crippen molar-refractivity contribution in [2.45, 2.75) is 26.3 Å². The molecule has 0 aliphatic heterocycles. The van der Waals surface area contributed by atoms with Crippen LogP contribution in [0.25, 0.3) is 10.2 Å². The Labute approximate surface area is 203 Å². The highest BCUT2D eigenvalue weighted by atomic mass is 32.1. The average Bonchev–Trinajstić information content (AvgIpc) is 3.43. The first-order valence-corrected chi connectivity index (χ1v) is 12.2. The van der Waals surface area contributed by atoms with E-state index >= 15 is 0 Å². The summed E-state index contributed by atoms with van der Waals surface area (Å²) in [5.41, 5.74) is 4.90. The molecule has 0 fully saturated rings. The van der Waals surface area contributed by atoms with E-state index in [1.54, 1.807) is 11.3 Å². The number of amides is 1. The third-order valence-corrected chi connectivity index (χ3v) is 6.99. The van der Waals surface area contributed by atoms with Crippen molar-refractivity contribution in [1.82, 2.24) is 14.8 Å². The molecule has 0 saturated carbocycles. The molecule has 0 bridgehead atoms. The highest BCUT2D eigenvalue weighted by Gasteiger charge is 2.30. The fraction of sp³-hybridized carbons (Fsp3) is 0.179. The molecule has 1 amide bonds. The molecule has 0 N–H and O–H groups in total. The molecule has 0 spiro atoms. The Morgan fingerprint density at radius 2 is 1.53 bits per heavy atom. The van der Waals surface area contributed by atoms with Gasteiger partial charge in [0.1, 0.15) is 0 Å². The highest BCUT2D eigenvalue weighted by Crippen LogP contribution is 2.33. The van der Waals surface area contributed by atoms with Gasteiger partial charge in [-0.25, -0.2) is 4.98 Å². The number of fused-ring (bicyclic) bond motifs is 1. The molecule has 5 rings (SSSR count). The number of aryl methyl sites for hydroxylation is 2. The first-order chi connectivity index (χ1) is 16.6. The zero-order valence-corrected chi connectivity index (χ0v) is 20.1. The van der Waals surface area contributed by atoms with Crippen LogP contribution in [0.5, 0.6) is 0 Å². The number of carbonyl (C=O) groups excluding carboxylic acids is 1. The number of para-hydroxylation sites is 1. The summed E-state index contributed by atoms with van der Waals surface area (Å²) in [6.07, 6.45) is 0. The number of rotatable bonds is 7. The molecule has 6 heteroatoms. The highest BCUT2D eigenvalue weighted by molar-refractivity contribution is 7.22. The summed E-state index contributed by atoms with van der Waals surface area (Å²) in [4.78, 5) is 21.0. The normalized spacial score (nSPS) is 11.3. The molecule has 0 aliphatic rings. The van der Waals surface area contributed by atoms with Gasteiger partial charge in [-0.1, -0.05) is 84.1 Å². The quantitative estimate of drug-likeness (QED) is 0.297. The van der Waals surface area contributed by atoms with E-state index in [9.17, 15) is 4.79 Å². The van der Waals surface area contributed by atoms with Gasteiger partial charge in [-0.2, -0.15) is 5.10 Å². The van der Waals surface area contributed by atoms with Gasteiger partial charge in [0.25, 0.3) is 0 Å². The lowest BCUT2D eigenvalue weighted by molar-refractivity contribution is -0.119. The smallest absolute Gasteiger partial charge is 0.240 e. The third-order valence-electron chi connectivity index (χ3n) is 5.93. The monoisotopic (exact) mass is 466 g/mol. The molecule has 0 atom stereocenters. The van der Waals surface area contributed by atoms with Crippen LogP contribution in [0.4, 0.5) is 5.13 Å². The zero-order valence-electron chi connectivity index (χ0n) is 19.3. The molecule has 2 aromatic heterocycles. The molecular formula is C28H26N4OS. The molecule has 0 radical (unpaired) electrons. The molecule has 0 unspecified atom stereocenters. The van der Waals surface area contributed by atoms with E-state index in [1.165, 1.54) is 0 Å². The van der Waals surface area contributed by atoms with Crippen molar-refractivity contribution < 1.29 is 4.79 Å². The minimum atomic E-state index is -0.421. The minimum Gasteiger partial charge on any atom is -0.285 e. The molecule has 3 aromatic carbocycles. The van der Waals surface area contributed by atoms with Crippen molar-refractivity contribution >= 4 is 32.6 Å². The van der Waals surface area contributed by atoms with Crippen molar-refractivity contribution in [2.24, 2.45) is 0 Å². The lowest BCUT2D eigenvalue weighted by atomic mass is 9.90. The van der Waals surface area contributed by atoms with Crippen LogP contribution in [0.1, 0.15) is 28.4 Å². The van der Waals surface area contributed by atoms with Crippen LogP contribution in [0.3, 0.4) is 0 Å². The zero-order chi connectivity index (χ0) is 23.5. The second kappa shape index (κ2) is 9.61. The molecule has 2 heterocycles. The van der Waals surface area contributed by atoms with Gasteiger partial charge in [0.2, 0.25) is 5.91 Å². The van der Waals surface area contributed by atoms with Crippen LogP contribution in [-0.2, 0) is 11.3 Å². The first kappa shape index (κ1) is 22.0. The van der Waals surface area contributed by atoms with Crippen molar-refractivity contribution in [3.8, 4) is 0 Å². The fourth-order valence-corrected chi connectivity index (χ4v) is 5.29. The number of thiazole rings is 1. The van der Waals surface area contributed by atoms with E-state index in [0.717, 1.165) is 32.7 Å². The maximum atomic E-state index is 14.3. The molecule has 0 aliphatic carbocycles. The standard InChI is InChI=1S/C28H26N4OS/c1-20-19-21(2)32(30-20)18-17-31(28-29-24-15-9-10-16-25(24)34-28)27(33)26(22-11-5-3-6-12-22)23-13-7-4-8-14-23/h3-16,19,26H,17-18H2,1-2H3. The van der Waals surface area contributed by atoms with E-state index in [2.05, 4.69) is 11.2 Å². The lowest BCUT2D eigenvalue weighted by Gasteiger charge is -2.26. The number of nitrogens with zero attached hydrogens (tertiary/aromatic N) is 4. The van der Waals surface area contributed by atoms with Gasteiger partial charge >= 0.3 is 0 Å². The van der Waals surface area contributed by atoms with Gasteiger partial charge in [0, 0.05) is 12.2 Å². The van der Waals surface area contributed by atoms with Gasteiger partial charge < -0.3 is 0 Å². The maximum Gasteiger partial charge on any atom is 0.240 e. The predicted octanol–water partition coefficient (Wildman–Crippen LogP) is 5.97. The van der Waals surface area contributed by atoms with Crippen molar-refractivity contribution in [3.05, 3.63) is 114 Å². The van der Waals surface area contributed by atoms with Gasteiger partial charge in [0.15, 0.2) is 5.13 Å². The topological polar surface area (TPSA) is 51.0 Å². The van der Waals surface area contributed by atoms with Gasteiger partial charge in [-0.3, -0.25) is 14.4 Å². The number of anilines is 1. The van der Waals surface area contributed by atoms with Gasteiger partial charge in [0.05, 0.1) is 28.4 Å². The van der Waals surface area contributed by atoms with Crippen molar-refractivity contribution in [3.63, 3.8) is 0 Å². The number of carbonyl (C=O) groups is 1. The lowest BCUT2D eigenvalue weighted by Crippen LogP contribution is -2.38. The Balaban J connectivity index is 1.57. The van der Waals surface area contributed by atoms with Crippen molar-refractivity contribution in [2.75, 3.05) is 11.4 Å². The number of hydrogen-bond donors (Lipinski definition) is 0. The number of hydrogen-bond acceptors (Lipinski definition) is 4. The van der Waals surface area contributed by atoms with Crippen LogP contribution < -0.4 is 4.90 Å². The summed E-state index contributed by atoms with van der Waals surface area (Å²) in [7, 11) is 0. The molecule has 5 aromatic rings. The SMILES string of the molecule is Cc1cc(C)n(CCN(C(=O)C(c2ccccc2)c2ccccc2)c2nc3ccccc3s2)n1. The van der Waals surface area contributed by atoms with Gasteiger partial charge in [-0.15, -0.1) is 0 Å². The van der Waals surface area contributed by atoms with E-state index in [-0.39, 0.29) is 5.91 Å². The van der Waals surface area contributed by atoms with Crippen LogP contribution in [0.15, 0.2) is 91.0 Å². The number of benzene rings is 3. The second-order valence-electron chi connectivity index (χ2n) is 8.36. The summed E-state index contributed by atoms with van der Waals surface area (Å²) < 4.78 is 3.03. The predicted molar refractivity (Wildman–Crippen MR) is 138 cm³/mol.